The summed E-state index contributed by atoms with van der Waals surface area (Å²) in [6.45, 7) is 7.96. The zero-order chi connectivity index (χ0) is 30.9. The van der Waals surface area contributed by atoms with Crippen molar-refractivity contribution in [3.63, 3.8) is 0 Å². The summed E-state index contributed by atoms with van der Waals surface area (Å²) < 4.78 is 32.2. The number of nitrogens with zero attached hydrogens (tertiary/aromatic N) is 2. The minimum atomic E-state index is -3.58. The summed E-state index contributed by atoms with van der Waals surface area (Å²) in [5.41, 5.74) is 4.25. The Morgan fingerprint density at radius 1 is 0.905 bits per heavy atom. The molecular formula is C33H43N3O5S. The second-order valence-electron chi connectivity index (χ2n) is 11.0. The first-order valence-electron chi connectivity index (χ1n) is 14.2. The van der Waals surface area contributed by atoms with Crippen LogP contribution in [0, 0.1) is 13.8 Å². The van der Waals surface area contributed by atoms with Crippen LogP contribution in [-0.2, 0) is 32.6 Å². The highest BCUT2D eigenvalue weighted by atomic mass is 32.2. The van der Waals surface area contributed by atoms with Gasteiger partial charge in [0, 0.05) is 32.0 Å². The lowest BCUT2D eigenvalue weighted by Gasteiger charge is -2.32. The number of amides is 2. The predicted octanol–water partition coefficient (Wildman–Crippen LogP) is 5.02. The van der Waals surface area contributed by atoms with Gasteiger partial charge in [-0.3, -0.25) is 13.9 Å². The van der Waals surface area contributed by atoms with Crippen LogP contribution in [0.4, 0.5) is 5.69 Å². The van der Waals surface area contributed by atoms with Crippen molar-refractivity contribution in [2.75, 3.05) is 24.2 Å². The van der Waals surface area contributed by atoms with Gasteiger partial charge >= 0.3 is 0 Å². The van der Waals surface area contributed by atoms with Gasteiger partial charge in [-0.25, -0.2) is 8.42 Å². The molecule has 9 heteroatoms. The summed E-state index contributed by atoms with van der Waals surface area (Å²) >= 11 is 0. The van der Waals surface area contributed by atoms with E-state index in [0.29, 0.717) is 17.9 Å². The Labute approximate surface area is 250 Å². The fourth-order valence-corrected chi connectivity index (χ4v) is 5.95. The molecule has 8 nitrogen and oxygen atoms in total. The van der Waals surface area contributed by atoms with E-state index in [0.717, 1.165) is 22.3 Å². The molecule has 0 fully saturated rings. The van der Waals surface area contributed by atoms with E-state index in [-0.39, 0.29) is 43.8 Å². The molecule has 0 aliphatic carbocycles. The molecule has 0 aromatic heterocycles. The first-order valence-corrected chi connectivity index (χ1v) is 16.0. The van der Waals surface area contributed by atoms with Gasteiger partial charge in [0.2, 0.25) is 21.8 Å². The van der Waals surface area contributed by atoms with Gasteiger partial charge in [0.05, 0.1) is 19.1 Å². The monoisotopic (exact) mass is 593 g/mol. The molecule has 0 spiro atoms. The Morgan fingerprint density at radius 2 is 1.55 bits per heavy atom. The molecule has 42 heavy (non-hydrogen) atoms. The fraction of sp³-hybridized carbons (Fsp3) is 0.394. The third-order valence-electron chi connectivity index (χ3n) is 6.84. The lowest BCUT2D eigenvalue weighted by Crippen LogP contribution is -2.51. The van der Waals surface area contributed by atoms with Crippen molar-refractivity contribution in [1.29, 1.82) is 0 Å². The zero-order valence-corrected chi connectivity index (χ0v) is 26.3. The van der Waals surface area contributed by atoms with E-state index in [4.69, 9.17) is 4.74 Å². The number of carbonyl (C=O) groups excluding carboxylic acids is 2. The highest BCUT2D eigenvalue weighted by molar-refractivity contribution is 7.92. The smallest absolute Gasteiger partial charge is 0.243 e. The maximum Gasteiger partial charge on any atom is 0.243 e. The average Bonchev–Trinajstić information content (AvgIpc) is 2.91. The number of nitrogens with one attached hydrogen (secondary N) is 1. The first kappa shape index (κ1) is 32.7. The Morgan fingerprint density at radius 3 is 2.14 bits per heavy atom. The standard InChI is InChI=1S/C33H43N3O5S/c1-24(2)34-33(38)31(22-27-12-8-7-9-13-27)35(23-28-14-10-15-30(21-28)41-5)32(37)16-11-17-36(42(6,39)40)29-19-25(3)18-26(4)20-29/h7-10,12-15,18-21,24,31H,11,16-17,22-23H2,1-6H3,(H,34,38)/t31-/m1/s1. The minimum absolute atomic E-state index is 0.0705. The Bertz CT molecular complexity index is 1440. The molecule has 3 aromatic rings. The molecular weight excluding hydrogens is 550 g/mol. The number of ether oxygens (including phenoxy) is 1. The SMILES string of the molecule is COc1cccc(CN(C(=O)CCCN(c2cc(C)cc(C)c2)S(C)(=O)=O)[C@H](Cc2ccccc2)C(=O)NC(C)C)c1. The lowest BCUT2D eigenvalue weighted by molar-refractivity contribution is -0.141. The molecule has 226 valence electrons. The maximum absolute atomic E-state index is 13.9. The van der Waals surface area contributed by atoms with E-state index in [1.807, 2.05) is 100 Å². The third kappa shape index (κ3) is 9.62. The van der Waals surface area contributed by atoms with Crippen molar-refractivity contribution < 1.29 is 22.7 Å². The highest BCUT2D eigenvalue weighted by Crippen LogP contribution is 2.23. The van der Waals surface area contributed by atoms with Crippen LogP contribution in [0.25, 0.3) is 0 Å². The van der Waals surface area contributed by atoms with Gasteiger partial charge in [-0.2, -0.15) is 0 Å². The van der Waals surface area contributed by atoms with Crippen molar-refractivity contribution in [3.05, 3.63) is 95.1 Å². The number of anilines is 1. The molecule has 0 aliphatic rings. The van der Waals surface area contributed by atoms with Crippen LogP contribution >= 0.6 is 0 Å². The van der Waals surface area contributed by atoms with Crippen molar-refractivity contribution in [1.82, 2.24) is 10.2 Å². The van der Waals surface area contributed by atoms with Crippen molar-refractivity contribution in [3.8, 4) is 5.75 Å². The number of methoxy groups -OCH3 is 1. The quantitative estimate of drug-likeness (QED) is 0.283. The molecule has 0 saturated carbocycles. The van der Waals surface area contributed by atoms with Gasteiger partial charge in [-0.1, -0.05) is 48.5 Å². The molecule has 0 radical (unpaired) electrons. The molecule has 1 N–H and O–H groups in total. The van der Waals surface area contributed by atoms with Crippen LogP contribution in [0.3, 0.4) is 0 Å². The molecule has 1 atom stereocenters. The number of sulfonamides is 1. The van der Waals surface area contributed by atoms with Gasteiger partial charge in [-0.05, 0) is 80.6 Å². The number of hydrogen-bond donors (Lipinski definition) is 1. The topological polar surface area (TPSA) is 96.0 Å². The normalized spacial score (nSPS) is 12.1. The summed E-state index contributed by atoms with van der Waals surface area (Å²) in [5, 5.41) is 2.99. The summed E-state index contributed by atoms with van der Waals surface area (Å²) in [7, 11) is -2.00. The van der Waals surface area contributed by atoms with E-state index in [2.05, 4.69) is 5.32 Å². The van der Waals surface area contributed by atoms with E-state index in [9.17, 15) is 18.0 Å². The largest absolute Gasteiger partial charge is 0.497 e. The minimum Gasteiger partial charge on any atom is -0.497 e. The van der Waals surface area contributed by atoms with E-state index >= 15 is 0 Å². The number of carbonyl (C=O) groups is 2. The van der Waals surface area contributed by atoms with Crippen LogP contribution in [0.1, 0.15) is 48.9 Å². The Kier molecular flexibility index (Phi) is 11.6. The molecule has 0 aliphatic heterocycles. The highest BCUT2D eigenvalue weighted by Gasteiger charge is 2.31. The van der Waals surface area contributed by atoms with Gasteiger partial charge in [0.15, 0.2) is 0 Å². The second kappa shape index (κ2) is 14.9. The lowest BCUT2D eigenvalue weighted by atomic mass is 10.0. The van der Waals surface area contributed by atoms with Crippen LogP contribution in [-0.4, -0.2) is 57.1 Å². The predicted molar refractivity (Wildman–Crippen MR) is 168 cm³/mol. The van der Waals surface area contributed by atoms with E-state index < -0.39 is 16.1 Å². The number of benzene rings is 3. The van der Waals surface area contributed by atoms with Gasteiger partial charge in [-0.15, -0.1) is 0 Å². The summed E-state index contributed by atoms with van der Waals surface area (Å²) in [6.07, 6.45) is 1.87. The van der Waals surface area contributed by atoms with Crippen LogP contribution < -0.4 is 14.4 Å². The maximum atomic E-state index is 13.9. The van der Waals surface area contributed by atoms with Crippen LogP contribution in [0.15, 0.2) is 72.8 Å². The molecule has 0 heterocycles. The Hall–Kier alpha value is -3.85. The summed E-state index contributed by atoms with van der Waals surface area (Å²) in [6, 6.07) is 21.8. The van der Waals surface area contributed by atoms with Gasteiger partial charge in [0.25, 0.3) is 0 Å². The van der Waals surface area contributed by atoms with Crippen LogP contribution in [0.2, 0.25) is 0 Å². The molecule has 3 aromatic carbocycles. The third-order valence-corrected chi connectivity index (χ3v) is 8.03. The van der Waals surface area contributed by atoms with Crippen molar-refractivity contribution in [2.24, 2.45) is 0 Å². The molecule has 0 unspecified atom stereocenters. The van der Waals surface area contributed by atoms with Gasteiger partial charge < -0.3 is 15.0 Å². The van der Waals surface area contributed by atoms with E-state index in [1.165, 1.54) is 10.6 Å². The first-order chi connectivity index (χ1) is 19.9. The molecule has 0 saturated heterocycles. The molecule has 3 rings (SSSR count). The molecule has 2 amide bonds. The van der Waals surface area contributed by atoms with Crippen LogP contribution in [0.5, 0.6) is 5.75 Å². The summed E-state index contributed by atoms with van der Waals surface area (Å²) in [4.78, 5) is 29.1. The number of hydrogen-bond acceptors (Lipinski definition) is 5. The fourth-order valence-electron chi connectivity index (χ4n) is 5.00. The van der Waals surface area contributed by atoms with Crippen molar-refractivity contribution >= 4 is 27.5 Å². The average molecular weight is 594 g/mol. The molecule has 0 bridgehead atoms. The van der Waals surface area contributed by atoms with Gasteiger partial charge in [0.1, 0.15) is 11.8 Å². The number of aryl methyl sites for hydroxylation is 2. The van der Waals surface area contributed by atoms with Crippen molar-refractivity contribution in [2.45, 2.75) is 65.6 Å². The second-order valence-corrected chi connectivity index (χ2v) is 12.9. The summed E-state index contributed by atoms with van der Waals surface area (Å²) in [5.74, 6) is 0.188. The van der Waals surface area contributed by atoms with E-state index in [1.54, 1.807) is 12.0 Å². The Balaban J connectivity index is 1.91. The zero-order valence-electron chi connectivity index (χ0n) is 25.5. The number of rotatable bonds is 14.